The molecule has 3 rings (SSSR count). The molecule has 2 aromatic heterocycles. The van der Waals surface area contributed by atoms with Gasteiger partial charge in [0.05, 0.1) is 11.7 Å². The number of nitrogens with zero attached hydrogens (tertiary/aromatic N) is 5. The molecule has 0 radical (unpaired) electrons. The normalized spacial score (nSPS) is 11.4. The summed E-state index contributed by atoms with van der Waals surface area (Å²) in [7, 11) is 0. The fourth-order valence-electron chi connectivity index (χ4n) is 1.82. The summed E-state index contributed by atoms with van der Waals surface area (Å²) < 4.78 is 1.66. The van der Waals surface area contributed by atoms with Crippen molar-refractivity contribution >= 4 is 40.1 Å². The van der Waals surface area contributed by atoms with Gasteiger partial charge in [0.2, 0.25) is 0 Å². The molecule has 0 aliphatic rings. The van der Waals surface area contributed by atoms with Crippen LogP contribution in [0.4, 0.5) is 0 Å². The molecule has 0 aliphatic carbocycles. The molecule has 0 saturated carbocycles. The van der Waals surface area contributed by atoms with E-state index in [-0.39, 0.29) is 5.11 Å². The SMILES string of the molecule is NC(=S)NN=Cc1cc2ccccc2n2nnnc12. The molecule has 0 bridgehead atoms. The van der Waals surface area contributed by atoms with Crippen molar-refractivity contribution in [3.05, 3.63) is 35.9 Å². The number of para-hydroxylation sites is 1. The second-order valence-electron chi connectivity index (χ2n) is 3.81. The van der Waals surface area contributed by atoms with Crippen molar-refractivity contribution < 1.29 is 0 Å². The van der Waals surface area contributed by atoms with Gasteiger partial charge in [0.25, 0.3) is 0 Å². The van der Waals surface area contributed by atoms with Crippen LogP contribution in [0.25, 0.3) is 16.6 Å². The minimum atomic E-state index is 0.104. The van der Waals surface area contributed by atoms with E-state index in [2.05, 4.69) is 38.3 Å². The molecule has 3 aromatic rings. The van der Waals surface area contributed by atoms with E-state index in [0.29, 0.717) is 5.65 Å². The van der Waals surface area contributed by atoms with E-state index < -0.39 is 0 Å². The lowest BCUT2D eigenvalue weighted by molar-refractivity contribution is 0.841. The molecule has 1 aromatic carbocycles. The molecule has 7 nitrogen and oxygen atoms in total. The smallest absolute Gasteiger partial charge is 0.188 e. The van der Waals surface area contributed by atoms with Gasteiger partial charge in [0, 0.05) is 10.9 Å². The first-order valence-electron chi connectivity index (χ1n) is 5.44. The van der Waals surface area contributed by atoms with Gasteiger partial charge < -0.3 is 5.73 Å². The van der Waals surface area contributed by atoms with Crippen molar-refractivity contribution in [3.8, 4) is 0 Å². The summed E-state index contributed by atoms with van der Waals surface area (Å²) in [6.45, 7) is 0. The van der Waals surface area contributed by atoms with Gasteiger partial charge in [-0.1, -0.05) is 18.2 Å². The van der Waals surface area contributed by atoms with E-state index in [0.717, 1.165) is 16.5 Å². The lowest BCUT2D eigenvalue weighted by atomic mass is 10.1. The van der Waals surface area contributed by atoms with Crippen LogP contribution in [-0.2, 0) is 0 Å². The molecule has 0 saturated heterocycles. The van der Waals surface area contributed by atoms with Crippen molar-refractivity contribution in [2.45, 2.75) is 0 Å². The number of nitrogens with one attached hydrogen (secondary N) is 1. The molecule has 0 fully saturated rings. The first-order valence-corrected chi connectivity index (χ1v) is 5.85. The average Bonchev–Trinajstić information content (AvgIpc) is 2.88. The lowest BCUT2D eigenvalue weighted by Crippen LogP contribution is -2.24. The Hall–Kier alpha value is -2.61. The van der Waals surface area contributed by atoms with Crippen LogP contribution in [0.1, 0.15) is 5.56 Å². The molecule has 2 heterocycles. The molecule has 0 atom stereocenters. The number of fused-ring (bicyclic) bond motifs is 3. The zero-order valence-corrected chi connectivity index (χ0v) is 10.5. The maximum Gasteiger partial charge on any atom is 0.188 e. The summed E-state index contributed by atoms with van der Waals surface area (Å²) in [5, 5.41) is 16.7. The highest BCUT2D eigenvalue weighted by Gasteiger charge is 2.07. The number of tetrazole rings is 1. The molecule has 0 amide bonds. The van der Waals surface area contributed by atoms with Crippen molar-refractivity contribution in [1.29, 1.82) is 0 Å². The van der Waals surface area contributed by atoms with E-state index in [1.165, 1.54) is 0 Å². The van der Waals surface area contributed by atoms with E-state index in [1.807, 2.05) is 30.3 Å². The Kier molecular flexibility index (Phi) is 2.76. The zero-order valence-electron chi connectivity index (χ0n) is 9.69. The Bertz CT molecular complexity index is 792. The van der Waals surface area contributed by atoms with Crippen LogP contribution < -0.4 is 11.2 Å². The first-order chi connectivity index (χ1) is 9.25. The highest BCUT2D eigenvalue weighted by atomic mass is 32.1. The van der Waals surface area contributed by atoms with E-state index >= 15 is 0 Å². The highest BCUT2D eigenvalue weighted by molar-refractivity contribution is 7.80. The Morgan fingerprint density at radius 3 is 3.11 bits per heavy atom. The van der Waals surface area contributed by atoms with Crippen LogP contribution in [-0.4, -0.2) is 31.4 Å². The number of aromatic nitrogens is 4. The maximum absolute atomic E-state index is 5.30. The summed E-state index contributed by atoms with van der Waals surface area (Å²) in [4.78, 5) is 0. The summed E-state index contributed by atoms with van der Waals surface area (Å²) in [5.41, 5.74) is 10.1. The van der Waals surface area contributed by atoms with Crippen molar-refractivity contribution in [2.24, 2.45) is 10.8 Å². The third-order valence-electron chi connectivity index (χ3n) is 2.58. The number of hydrazone groups is 1. The Balaban J connectivity index is 2.19. The van der Waals surface area contributed by atoms with Crippen LogP contribution in [0.3, 0.4) is 0 Å². The number of nitrogens with two attached hydrogens (primary N) is 1. The minimum absolute atomic E-state index is 0.104. The third-order valence-corrected chi connectivity index (χ3v) is 2.67. The summed E-state index contributed by atoms with van der Waals surface area (Å²) in [6, 6.07) is 9.77. The van der Waals surface area contributed by atoms with Gasteiger partial charge in [-0.15, -0.1) is 5.10 Å². The second kappa shape index (κ2) is 4.58. The van der Waals surface area contributed by atoms with Gasteiger partial charge in [-0.3, -0.25) is 5.43 Å². The molecular weight excluding hydrogens is 262 g/mol. The second-order valence-corrected chi connectivity index (χ2v) is 4.25. The Morgan fingerprint density at radius 1 is 1.42 bits per heavy atom. The molecule has 0 spiro atoms. The topological polar surface area (TPSA) is 93.5 Å². The highest BCUT2D eigenvalue weighted by Crippen LogP contribution is 2.17. The Morgan fingerprint density at radius 2 is 2.26 bits per heavy atom. The predicted octanol–water partition coefficient (Wildman–Crippen LogP) is 0.445. The van der Waals surface area contributed by atoms with Gasteiger partial charge in [-0.05, 0) is 34.8 Å². The van der Waals surface area contributed by atoms with Crippen molar-refractivity contribution in [1.82, 2.24) is 25.5 Å². The third kappa shape index (κ3) is 2.08. The molecule has 8 heteroatoms. The quantitative estimate of drug-likeness (QED) is 0.399. The predicted molar refractivity (Wildman–Crippen MR) is 75.8 cm³/mol. The van der Waals surface area contributed by atoms with Crippen LogP contribution >= 0.6 is 12.2 Å². The van der Waals surface area contributed by atoms with Gasteiger partial charge in [-0.25, -0.2) is 0 Å². The maximum atomic E-state index is 5.30. The van der Waals surface area contributed by atoms with Crippen LogP contribution in [0.15, 0.2) is 35.4 Å². The Labute approximate surface area is 113 Å². The number of benzene rings is 1. The van der Waals surface area contributed by atoms with E-state index in [1.54, 1.807) is 10.7 Å². The van der Waals surface area contributed by atoms with Gasteiger partial charge >= 0.3 is 0 Å². The molecule has 3 N–H and O–H groups in total. The van der Waals surface area contributed by atoms with E-state index in [9.17, 15) is 0 Å². The lowest BCUT2D eigenvalue weighted by Gasteiger charge is -2.02. The van der Waals surface area contributed by atoms with Crippen LogP contribution in [0.5, 0.6) is 0 Å². The minimum Gasteiger partial charge on any atom is -0.375 e. The summed E-state index contributed by atoms with van der Waals surface area (Å²) >= 11 is 4.67. The fourth-order valence-corrected chi connectivity index (χ4v) is 1.88. The molecule has 19 heavy (non-hydrogen) atoms. The van der Waals surface area contributed by atoms with Gasteiger partial charge in [-0.2, -0.15) is 9.62 Å². The summed E-state index contributed by atoms with van der Waals surface area (Å²) in [6.07, 6.45) is 1.58. The number of pyridine rings is 1. The number of hydrogen-bond acceptors (Lipinski definition) is 5. The van der Waals surface area contributed by atoms with Gasteiger partial charge in [0.1, 0.15) is 0 Å². The number of hydrogen-bond donors (Lipinski definition) is 2. The fraction of sp³-hybridized carbons (Fsp3) is 0. The van der Waals surface area contributed by atoms with Gasteiger partial charge in [0.15, 0.2) is 10.8 Å². The zero-order chi connectivity index (χ0) is 13.2. The van der Waals surface area contributed by atoms with Crippen molar-refractivity contribution in [2.75, 3.05) is 0 Å². The number of rotatable bonds is 2. The van der Waals surface area contributed by atoms with Crippen LogP contribution in [0.2, 0.25) is 0 Å². The summed E-state index contributed by atoms with van der Waals surface area (Å²) in [5.74, 6) is 0. The average molecular weight is 271 g/mol. The monoisotopic (exact) mass is 271 g/mol. The molecule has 0 unspecified atom stereocenters. The first kappa shape index (κ1) is 11.5. The van der Waals surface area contributed by atoms with Crippen molar-refractivity contribution in [3.63, 3.8) is 0 Å². The largest absolute Gasteiger partial charge is 0.375 e. The molecule has 94 valence electrons. The number of thiocarbonyl (C=S) groups is 1. The van der Waals surface area contributed by atoms with E-state index in [4.69, 9.17) is 5.73 Å². The molecule has 0 aliphatic heterocycles. The standard InChI is InChI=1S/C11H9N7S/c12-11(19)15-13-6-8-5-7-3-1-2-4-9(7)18-10(8)14-16-17-18/h1-6H,(H3,12,15,19). The van der Waals surface area contributed by atoms with Crippen LogP contribution in [0, 0.1) is 0 Å². The molecular formula is C11H9N7S.